The molecule has 2 aromatic carbocycles. The first kappa shape index (κ1) is 19.2. The van der Waals surface area contributed by atoms with Crippen LogP contribution in [0.2, 0.25) is 0 Å². The van der Waals surface area contributed by atoms with Crippen molar-refractivity contribution in [2.75, 3.05) is 17.2 Å². The lowest BCUT2D eigenvalue weighted by atomic mass is 9.93. The highest BCUT2D eigenvalue weighted by molar-refractivity contribution is 5.96. The number of amides is 3. The van der Waals surface area contributed by atoms with Gasteiger partial charge in [0.2, 0.25) is 5.91 Å². The number of carbonyl (C=O) groups is 2. The summed E-state index contributed by atoms with van der Waals surface area (Å²) >= 11 is 0. The van der Waals surface area contributed by atoms with E-state index < -0.39 is 0 Å². The lowest BCUT2D eigenvalue weighted by Crippen LogP contribution is -2.28. The average molecular weight is 351 g/mol. The Kier molecular flexibility index (Phi) is 7.43. The molecule has 0 fully saturated rings. The van der Waals surface area contributed by atoms with E-state index in [4.69, 9.17) is 0 Å². The van der Waals surface area contributed by atoms with Crippen LogP contribution in [0.4, 0.5) is 16.2 Å². The normalized spacial score (nSPS) is 11.3. The van der Waals surface area contributed by atoms with E-state index in [0.717, 1.165) is 18.4 Å². The van der Waals surface area contributed by atoms with Gasteiger partial charge in [0, 0.05) is 17.9 Å². The van der Waals surface area contributed by atoms with Gasteiger partial charge in [-0.25, -0.2) is 4.79 Å². The fourth-order valence-corrected chi connectivity index (χ4v) is 2.63. The fraction of sp³-hybridized carbons (Fsp3) is 0.238. The van der Waals surface area contributed by atoms with E-state index in [1.807, 2.05) is 30.3 Å². The van der Waals surface area contributed by atoms with Gasteiger partial charge in [0.25, 0.3) is 0 Å². The summed E-state index contributed by atoms with van der Waals surface area (Å²) in [5.41, 5.74) is 2.37. The number of hydrogen-bond acceptors (Lipinski definition) is 2. The van der Waals surface area contributed by atoms with E-state index in [-0.39, 0.29) is 17.9 Å². The number of carbonyl (C=O) groups excluding carboxylic acids is 2. The molecule has 0 aliphatic heterocycles. The van der Waals surface area contributed by atoms with Crippen LogP contribution in [0, 0.1) is 0 Å². The maximum atomic E-state index is 12.7. The van der Waals surface area contributed by atoms with Crippen molar-refractivity contribution in [3.05, 3.63) is 72.8 Å². The molecular weight excluding hydrogens is 326 g/mol. The van der Waals surface area contributed by atoms with Crippen LogP contribution in [0.1, 0.15) is 31.2 Å². The lowest BCUT2D eigenvalue weighted by molar-refractivity contribution is -0.117. The molecule has 26 heavy (non-hydrogen) atoms. The molecule has 2 rings (SSSR count). The monoisotopic (exact) mass is 351 g/mol. The van der Waals surface area contributed by atoms with Crippen LogP contribution >= 0.6 is 0 Å². The lowest BCUT2D eigenvalue weighted by Gasteiger charge is -2.17. The molecule has 0 saturated heterocycles. The first-order valence-electron chi connectivity index (χ1n) is 8.75. The van der Waals surface area contributed by atoms with Gasteiger partial charge >= 0.3 is 6.03 Å². The van der Waals surface area contributed by atoms with Gasteiger partial charge in [-0.1, -0.05) is 49.8 Å². The highest BCUT2D eigenvalue weighted by Gasteiger charge is 2.19. The predicted octanol–water partition coefficient (Wildman–Crippen LogP) is 4.52. The summed E-state index contributed by atoms with van der Waals surface area (Å²) in [6.45, 7) is 6.02. The molecule has 0 bridgehead atoms. The zero-order valence-corrected chi connectivity index (χ0v) is 15.0. The molecule has 5 heteroatoms. The standard InChI is InChI=1S/C21H25N3O2/c1-3-8-19(16-9-6-5-7-10-16)20(25)23-17-11-13-18(14-12-17)24-21(26)22-15-4-2/h4-7,9-14,19H,2-3,8,15H2,1H3,(H,23,25)(H2,22,24,26). The SMILES string of the molecule is C=CCNC(=O)Nc1ccc(NC(=O)C(CCC)c2ccccc2)cc1. The number of rotatable bonds is 8. The van der Waals surface area contributed by atoms with Gasteiger partial charge in [-0.2, -0.15) is 0 Å². The van der Waals surface area contributed by atoms with Crippen molar-refractivity contribution in [3.63, 3.8) is 0 Å². The smallest absolute Gasteiger partial charge is 0.319 e. The second-order valence-corrected chi connectivity index (χ2v) is 5.94. The molecule has 136 valence electrons. The number of hydrogen-bond donors (Lipinski definition) is 3. The van der Waals surface area contributed by atoms with Crippen molar-refractivity contribution >= 4 is 23.3 Å². The Hall–Kier alpha value is -3.08. The Morgan fingerprint density at radius 3 is 2.19 bits per heavy atom. The van der Waals surface area contributed by atoms with Crippen molar-refractivity contribution in [1.82, 2.24) is 5.32 Å². The van der Waals surface area contributed by atoms with Crippen LogP contribution in [0.25, 0.3) is 0 Å². The van der Waals surface area contributed by atoms with Crippen molar-refractivity contribution < 1.29 is 9.59 Å². The molecular formula is C21H25N3O2. The molecule has 3 N–H and O–H groups in total. The fourth-order valence-electron chi connectivity index (χ4n) is 2.63. The van der Waals surface area contributed by atoms with E-state index >= 15 is 0 Å². The minimum atomic E-state index is -0.297. The van der Waals surface area contributed by atoms with Gasteiger partial charge in [-0.15, -0.1) is 6.58 Å². The van der Waals surface area contributed by atoms with E-state index in [2.05, 4.69) is 29.5 Å². The third-order valence-electron chi connectivity index (χ3n) is 3.91. The van der Waals surface area contributed by atoms with Crippen LogP contribution in [0.3, 0.4) is 0 Å². The third-order valence-corrected chi connectivity index (χ3v) is 3.91. The van der Waals surface area contributed by atoms with Gasteiger partial charge in [0.15, 0.2) is 0 Å². The van der Waals surface area contributed by atoms with Crippen LogP contribution in [-0.4, -0.2) is 18.5 Å². The van der Waals surface area contributed by atoms with Gasteiger partial charge in [0.1, 0.15) is 0 Å². The maximum absolute atomic E-state index is 12.7. The number of urea groups is 1. The van der Waals surface area contributed by atoms with Crippen molar-refractivity contribution in [1.29, 1.82) is 0 Å². The number of nitrogens with one attached hydrogen (secondary N) is 3. The zero-order valence-electron chi connectivity index (χ0n) is 15.0. The van der Waals surface area contributed by atoms with Crippen LogP contribution in [0.5, 0.6) is 0 Å². The largest absolute Gasteiger partial charge is 0.334 e. The first-order valence-corrected chi connectivity index (χ1v) is 8.75. The molecule has 0 saturated carbocycles. The summed E-state index contributed by atoms with van der Waals surface area (Å²) < 4.78 is 0. The van der Waals surface area contributed by atoms with Crippen LogP contribution in [0.15, 0.2) is 67.3 Å². The van der Waals surface area contributed by atoms with E-state index in [1.165, 1.54) is 0 Å². The Bertz CT molecular complexity index is 727. The summed E-state index contributed by atoms with van der Waals surface area (Å²) in [7, 11) is 0. The third kappa shape index (κ3) is 5.77. The van der Waals surface area contributed by atoms with Crippen LogP contribution in [-0.2, 0) is 4.79 Å². The number of anilines is 2. The Morgan fingerprint density at radius 1 is 1.00 bits per heavy atom. The summed E-state index contributed by atoms with van der Waals surface area (Å²) in [5.74, 6) is -0.203. The molecule has 0 aliphatic carbocycles. The topological polar surface area (TPSA) is 70.2 Å². The zero-order chi connectivity index (χ0) is 18.8. The minimum Gasteiger partial charge on any atom is -0.334 e. The summed E-state index contributed by atoms with van der Waals surface area (Å²) in [5, 5.41) is 8.31. The molecule has 1 unspecified atom stereocenters. The summed E-state index contributed by atoms with van der Waals surface area (Å²) in [4.78, 5) is 24.3. The molecule has 5 nitrogen and oxygen atoms in total. The Labute approximate surface area is 154 Å². The molecule has 0 aromatic heterocycles. The molecule has 2 aromatic rings. The minimum absolute atomic E-state index is 0.0255. The van der Waals surface area contributed by atoms with Crippen molar-refractivity contribution in [2.45, 2.75) is 25.7 Å². The molecule has 0 heterocycles. The first-order chi connectivity index (χ1) is 12.6. The Balaban J connectivity index is 1.99. The van der Waals surface area contributed by atoms with E-state index in [9.17, 15) is 9.59 Å². The average Bonchev–Trinajstić information content (AvgIpc) is 2.66. The van der Waals surface area contributed by atoms with Gasteiger partial charge in [-0.05, 0) is 36.2 Å². The van der Waals surface area contributed by atoms with Gasteiger partial charge < -0.3 is 16.0 Å². The van der Waals surface area contributed by atoms with E-state index in [0.29, 0.717) is 17.9 Å². The quantitative estimate of drug-likeness (QED) is 0.612. The van der Waals surface area contributed by atoms with Gasteiger partial charge in [0.05, 0.1) is 5.92 Å². The molecule has 1 atom stereocenters. The van der Waals surface area contributed by atoms with E-state index in [1.54, 1.807) is 30.3 Å². The highest BCUT2D eigenvalue weighted by Crippen LogP contribution is 2.23. The Morgan fingerprint density at radius 2 is 1.62 bits per heavy atom. The van der Waals surface area contributed by atoms with Crippen LogP contribution < -0.4 is 16.0 Å². The van der Waals surface area contributed by atoms with Crippen molar-refractivity contribution in [3.8, 4) is 0 Å². The molecule has 0 aliphatic rings. The summed E-state index contributed by atoms with van der Waals surface area (Å²) in [6.07, 6.45) is 3.33. The van der Waals surface area contributed by atoms with Gasteiger partial charge in [-0.3, -0.25) is 4.79 Å². The predicted molar refractivity (Wildman–Crippen MR) is 106 cm³/mol. The number of benzene rings is 2. The second-order valence-electron chi connectivity index (χ2n) is 5.94. The maximum Gasteiger partial charge on any atom is 0.319 e. The van der Waals surface area contributed by atoms with Crippen molar-refractivity contribution in [2.24, 2.45) is 0 Å². The molecule has 3 amide bonds. The molecule has 0 radical (unpaired) electrons. The highest BCUT2D eigenvalue weighted by atomic mass is 16.2. The second kappa shape index (κ2) is 10.0. The summed E-state index contributed by atoms with van der Waals surface area (Å²) in [6, 6.07) is 16.6. The molecule has 0 spiro atoms.